The monoisotopic (exact) mass is 414 g/mol. The summed E-state index contributed by atoms with van der Waals surface area (Å²) < 4.78 is 22.8. The maximum absolute atomic E-state index is 12.5. The summed E-state index contributed by atoms with van der Waals surface area (Å²) in [5.41, 5.74) is -0.757. The molecule has 2 rings (SSSR count). The lowest BCUT2D eigenvalue weighted by molar-refractivity contribution is -0.180. The van der Waals surface area contributed by atoms with Crippen LogP contribution in [0.1, 0.15) is 38.1 Å². The number of carbonyl (C=O) groups is 2. The first kappa shape index (κ1) is 19.9. The van der Waals surface area contributed by atoms with E-state index in [0.29, 0.717) is 5.56 Å². The Kier molecular flexibility index (Phi) is 6.24. The summed E-state index contributed by atoms with van der Waals surface area (Å²) in [5.74, 6) is -1.79. The number of esters is 2. The standard InChI is InChI=1S/C18H23BrO6/c1-5-22-16(21)18(4,14-10-24-17(2,3)25-14)11-23-15(20)12-6-8-13(19)9-7-12/h6-9,14H,5,10-11H2,1-4H3/t14-,18-/m0/s1. The van der Waals surface area contributed by atoms with E-state index in [1.54, 1.807) is 52.0 Å². The van der Waals surface area contributed by atoms with Gasteiger partial charge in [0.2, 0.25) is 0 Å². The largest absolute Gasteiger partial charge is 0.465 e. The van der Waals surface area contributed by atoms with Gasteiger partial charge in [0.1, 0.15) is 18.1 Å². The molecule has 0 amide bonds. The minimum absolute atomic E-state index is 0.162. The molecule has 1 aliphatic rings. The van der Waals surface area contributed by atoms with Crippen LogP contribution in [-0.4, -0.2) is 43.7 Å². The number of halogens is 1. The normalized spacial score (nSPS) is 21.4. The molecule has 1 saturated heterocycles. The van der Waals surface area contributed by atoms with Gasteiger partial charge in [0.25, 0.3) is 0 Å². The predicted octanol–water partition coefficient (Wildman–Crippen LogP) is 3.33. The lowest BCUT2D eigenvalue weighted by Crippen LogP contribution is -2.47. The molecule has 6 nitrogen and oxygen atoms in total. The first-order valence-corrected chi connectivity index (χ1v) is 8.89. The highest BCUT2D eigenvalue weighted by Crippen LogP contribution is 2.35. The molecule has 0 bridgehead atoms. The highest BCUT2D eigenvalue weighted by Gasteiger charge is 2.51. The van der Waals surface area contributed by atoms with Gasteiger partial charge in [-0.2, -0.15) is 0 Å². The van der Waals surface area contributed by atoms with Crippen LogP contribution in [0, 0.1) is 5.41 Å². The Morgan fingerprint density at radius 1 is 1.28 bits per heavy atom. The molecule has 0 spiro atoms. The van der Waals surface area contributed by atoms with Crippen molar-refractivity contribution in [2.75, 3.05) is 19.8 Å². The molecule has 2 atom stereocenters. The van der Waals surface area contributed by atoms with Crippen LogP contribution in [0.15, 0.2) is 28.7 Å². The van der Waals surface area contributed by atoms with E-state index < -0.39 is 29.2 Å². The number of hydrogen-bond acceptors (Lipinski definition) is 6. The lowest BCUT2D eigenvalue weighted by atomic mass is 9.85. The molecule has 1 aromatic carbocycles. The van der Waals surface area contributed by atoms with Gasteiger partial charge in [-0.05, 0) is 52.0 Å². The van der Waals surface area contributed by atoms with Crippen LogP contribution >= 0.6 is 15.9 Å². The summed E-state index contributed by atoms with van der Waals surface area (Å²) in [6.45, 7) is 7.21. The van der Waals surface area contributed by atoms with Gasteiger partial charge < -0.3 is 18.9 Å². The second kappa shape index (κ2) is 7.85. The fourth-order valence-corrected chi connectivity index (χ4v) is 2.73. The minimum Gasteiger partial charge on any atom is -0.465 e. The highest BCUT2D eigenvalue weighted by atomic mass is 79.9. The second-order valence-electron chi connectivity index (χ2n) is 6.54. The summed E-state index contributed by atoms with van der Waals surface area (Å²) in [4.78, 5) is 24.8. The summed E-state index contributed by atoms with van der Waals surface area (Å²) in [6, 6.07) is 6.79. The van der Waals surface area contributed by atoms with Crippen molar-refractivity contribution in [2.24, 2.45) is 5.41 Å². The molecule has 1 aliphatic heterocycles. The van der Waals surface area contributed by atoms with Crippen molar-refractivity contribution in [3.05, 3.63) is 34.3 Å². The Hall–Kier alpha value is -1.44. The summed E-state index contributed by atoms with van der Waals surface area (Å²) in [7, 11) is 0. The van der Waals surface area contributed by atoms with Gasteiger partial charge in [-0.25, -0.2) is 4.79 Å². The average molecular weight is 415 g/mol. The Bertz CT molecular complexity index is 627. The molecule has 0 radical (unpaired) electrons. The first-order valence-electron chi connectivity index (χ1n) is 8.09. The molecular weight excluding hydrogens is 392 g/mol. The predicted molar refractivity (Wildman–Crippen MR) is 94.1 cm³/mol. The molecule has 0 unspecified atom stereocenters. The average Bonchev–Trinajstić information content (AvgIpc) is 2.93. The first-order chi connectivity index (χ1) is 11.7. The molecular formula is C18H23BrO6. The van der Waals surface area contributed by atoms with Crippen molar-refractivity contribution >= 4 is 27.9 Å². The van der Waals surface area contributed by atoms with Crippen LogP contribution in [0.25, 0.3) is 0 Å². The number of ether oxygens (including phenoxy) is 4. The van der Waals surface area contributed by atoms with E-state index in [2.05, 4.69) is 15.9 Å². The van der Waals surface area contributed by atoms with Crippen LogP contribution in [0.2, 0.25) is 0 Å². The van der Waals surface area contributed by atoms with Crippen LogP contribution in [0.5, 0.6) is 0 Å². The van der Waals surface area contributed by atoms with Gasteiger partial charge in [0.05, 0.1) is 18.8 Å². The van der Waals surface area contributed by atoms with Gasteiger partial charge in [0, 0.05) is 4.47 Å². The van der Waals surface area contributed by atoms with Crippen LogP contribution in [0.4, 0.5) is 0 Å². The third kappa shape index (κ3) is 4.80. The van der Waals surface area contributed by atoms with Crippen LogP contribution in [0.3, 0.4) is 0 Å². The molecule has 1 aromatic rings. The molecule has 138 valence electrons. The van der Waals surface area contributed by atoms with E-state index in [1.165, 1.54) is 0 Å². The van der Waals surface area contributed by atoms with Gasteiger partial charge in [-0.3, -0.25) is 4.79 Å². The molecule has 0 aliphatic carbocycles. The fourth-order valence-electron chi connectivity index (χ4n) is 2.47. The Morgan fingerprint density at radius 2 is 1.92 bits per heavy atom. The smallest absolute Gasteiger partial charge is 0.338 e. The van der Waals surface area contributed by atoms with Crippen molar-refractivity contribution in [3.63, 3.8) is 0 Å². The van der Waals surface area contributed by atoms with E-state index in [1.807, 2.05) is 0 Å². The molecule has 0 saturated carbocycles. The van der Waals surface area contributed by atoms with Crippen molar-refractivity contribution in [2.45, 2.75) is 39.6 Å². The van der Waals surface area contributed by atoms with Crippen molar-refractivity contribution in [3.8, 4) is 0 Å². The summed E-state index contributed by atoms with van der Waals surface area (Å²) in [5, 5.41) is 0. The van der Waals surface area contributed by atoms with Gasteiger partial charge >= 0.3 is 11.9 Å². The van der Waals surface area contributed by atoms with Crippen molar-refractivity contribution in [1.29, 1.82) is 0 Å². The van der Waals surface area contributed by atoms with Gasteiger partial charge in [0.15, 0.2) is 5.79 Å². The van der Waals surface area contributed by atoms with E-state index in [-0.39, 0.29) is 19.8 Å². The Labute approximate surface area is 155 Å². The highest BCUT2D eigenvalue weighted by molar-refractivity contribution is 9.10. The summed E-state index contributed by atoms with van der Waals surface area (Å²) >= 11 is 3.31. The fraction of sp³-hybridized carbons (Fsp3) is 0.556. The Balaban J connectivity index is 2.12. The van der Waals surface area contributed by atoms with Gasteiger partial charge in [-0.15, -0.1) is 0 Å². The van der Waals surface area contributed by atoms with Crippen molar-refractivity contribution < 1.29 is 28.5 Å². The van der Waals surface area contributed by atoms with Crippen LogP contribution < -0.4 is 0 Å². The second-order valence-corrected chi connectivity index (χ2v) is 7.45. The number of hydrogen-bond donors (Lipinski definition) is 0. The van der Waals surface area contributed by atoms with E-state index >= 15 is 0 Å². The van der Waals surface area contributed by atoms with E-state index in [4.69, 9.17) is 18.9 Å². The van der Waals surface area contributed by atoms with E-state index in [9.17, 15) is 9.59 Å². The zero-order valence-corrected chi connectivity index (χ0v) is 16.4. The molecule has 1 heterocycles. The third-order valence-electron chi connectivity index (χ3n) is 4.04. The molecule has 7 heteroatoms. The maximum atomic E-state index is 12.5. The van der Waals surface area contributed by atoms with E-state index in [0.717, 1.165) is 4.47 Å². The Morgan fingerprint density at radius 3 is 2.44 bits per heavy atom. The zero-order valence-electron chi connectivity index (χ0n) is 14.8. The SMILES string of the molecule is CCOC(=O)[C@@](C)(COC(=O)c1ccc(Br)cc1)[C@@H]1COC(C)(C)O1. The quantitative estimate of drug-likeness (QED) is 0.664. The number of rotatable bonds is 6. The minimum atomic E-state index is -1.16. The molecule has 1 fully saturated rings. The number of benzene rings is 1. The third-order valence-corrected chi connectivity index (χ3v) is 4.57. The lowest BCUT2D eigenvalue weighted by Gasteiger charge is -2.31. The van der Waals surface area contributed by atoms with Crippen LogP contribution in [-0.2, 0) is 23.7 Å². The molecule has 25 heavy (non-hydrogen) atoms. The maximum Gasteiger partial charge on any atom is 0.338 e. The summed E-state index contributed by atoms with van der Waals surface area (Å²) in [6.07, 6.45) is -0.570. The molecule has 0 aromatic heterocycles. The molecule has 0 N–H and O–H groups in total. The van der Waals surface area contributed by atoms with Crippen molar-refractivity contribution in [1.82, 2.24) is 0 Å². The zero-order chi connectivity index (χ0) is 18.7. The number of carbonyl (C=O) groups excluding carboxylic acids is 2. The van der Waals surface area contributed by atoms with Gasteiger partial charge in [-0.1, -0.05) is 15.9 Å². The topological polar surface area (TPSA) is 71.1 Å².